The highest BCUT2D eigenvalue weighted by molar-refractivity contribution is 5.77. The molecule has 0 aliphatic carbocycles. The van der Waals surface area contributed by atoms with Crippen molar-refractivity contribution in [1.29, 1.82) is 0 Å². The predicted molar refractivity (Wildman–Crippen MR) is 131 cm³/mol. The van der Waals surface area contributed by atoms with E-state index in [4.69, 9.17) is 11.5 Å². The van der Waals surface area contributed by atoms with Crippen LogP contribution in [0, 0.1) is 0 Å². The van der Waals surface area contributed by atoms with Crippen LogP contribution in [0.3, 0.4) is 0 Å². The molecule has 4 amide bonds. The third-order valence-corrected chi connectivity index (χ3v) is 6.21. The first-order valence-corrected chi connectivity index (χ1v) is 12.5. The molecule has 0 saturated carbocycles. The first-order valence-electron chi connectivity index (χ1n) is 12.5. The third kappa shape index (κ3) is 10.8. The first-order chi connectivity index (χ1) is 16.3. The number of likely N-dealkylation sites (tertiary alicyclic amines) is 1. The van der Waals surface area contributed by atoms with Gasteiger partial charge in [-0.25, -0.2) is 0 Å². The van der Waals surface area contributed by atoms with Gasteiger partial charge in [-0.1, -0.05) is 37.1 Å². The zero-order valence-electron chi connectivity index (χ0n) is 20.3. The number of nitrogens with zero attached hydrogens (tertiary/aromatic N) is 2. The van der Waals surface area contributed by atoms with Gasteiger partial charge in [-0.2, -0.15) is 0 Å². The van der Waals surface area contributed by atoms with Crippen molar-refractivity contribution >= 4 is 23.6 Å². The van der Waals surface area contributed by atoms with Gasteiger partial charge in [-0.15, -0.1) is 0 Å². The predicted octanol–water partition coefficient (Wildman–Crippen LogP) is 3.01. The highest BCUT2D eigenvalue weighted by atomic mass is 16.2. The normalized spacial score (nSPS) is 15.1. The summed E-state index contributed by atoms with van der Waals surface area (Å²) in [5, 5.41) is 0. The van der Waals surface area contributed by atoms with E-state index in [0.717, 1.165) is 45.2 Å². The van der Waals surface area contributed by atoms with Crippen molar-refractivity contribution in [3.05, 3.63) is 35.4 Å². The molecule has 3 aliphatic heterocycles. The van der Waals surface area contributed by atoms with E-state index < -0.39 is 0 Å². The van der Waals surface area contributed by atoms with Crippen molar-refractivity contribution in [1.82, 2.24) is 9.80 Å². The van der Waals surface area contributed by atoms with Gasteiger partial charge in [0.25, 0.3) is 0 Å². The molecule has 1 aromatic carbocycles. The molecule has 4 N–H and O–H groups in total. The van der Waals surface area contributed by atoms with Crippen LogP contribution in [0.1, 0.15) is 88.2 Å². The fourth-order valence-corrected chi connectivity index (χ4v) is 4.21. The summed E-state index contributed by atoms with van der Waals surface area (Å²) in [6.45, 7) is 3.19. The van der Waals surface area contributed by atoms with Crippen LogP contribution >= 0.6 is 0 Å². The number of amides is 4. The minimum absolute atomic E-state index is 0.155. The molecule has 4 rings (SSSR count). The van der Waals surface area contributed by atoms with Gasteiger partial charge in [0.2, 0.25) is 23.6 Å². The SMILES string of the molecule is NC(=O)CCCCC(=O)N1CCCCCC1.NC(=O)CCCCC(=O)N1Cc2ccc(cc2)C1. The van der Waals surface area contributed by atoms with Crippen LogP contribution < -0.4 is 11.5 Å². The van der Waals surface area contributed by atoms with Crippen LogP contribution in [0.4, 0.5) is 0 Å². The van der Waals surface area contributed by atoms with Gasteiger partial charge < -0.3 is 21.3 Å². The Kier molecular flexibility index (Phi) is 12.1. The van der Waals surface area contributed by atoms with Crippen LogP contribution in [-0.4, -0.2) is 46.5 Å². The molecule has 0 radical (unpaired) electrons. The summed E-state index contributed by atoms with van der Waals surface area (Å²) >= 11 is 0. The minimum Gasteiger partial charge on any atom is -0.370 e. The van der Waals surface area contributed by atoms with E-state index >= 15 is 0 Å². The number of primary amides is 2. The molecule has 1 fully saturated rings. The van der Waals surface area contributed by atoms with E-state index in [9.17, 15) is 19.2 Å². The number of fused-ring (bicyclic) bond motifs is 4. The third-order valence-electron chi connectivity index (χ3n) is 6.21. The summed E-state index contributed by atoms with van der Waals surface area (Å²) in [5.41, 5.74) is 12.4. The molecule has 2 bridgehead atoms. The summed E-state index contributed by atoms with van der Waals surface area (Å²) in [6, 6.07) is 8.26. The van der Waals surface area contributed by atoms with Gasteiger partial charge in [0, 0.05) is 51.9 Å². The van der Waals surface area contributed by atoms with E-state index in [-0.39, 0.29) is 23.6 Å². The maximum absolute atomic E-state index is 12.0. The number of carbonyl (C=O) groups excluding carboxylic acids is 4. The molecule has 1 aromatic rings. The molecular weight excluding hydrogens is 432 g/mol. The molecule has 0 aromatic heterocycles. The largest absolute Gasteiger partial charge is 0.370 e. The Hall–Kier alpha value is -2.90. The summed E-state index contributed by atoms with van der Waals surface area (Å²) in [7, 11) is 0. The van der Waals surface area contributed by atoms with E-state index in [1.807, 2.05) is 9.80 Å². The van der Waals surface area contributed by atoms with Gasteiger partial charge in [0.15, 0.2) is 0 Å². The van der Waals surface area contributed by atoms with Crippen LogP contribution in [0.15, 0.2) is 24.3 Å². The van der Waals surface area contributed by atoms with Gasteiger partial charge in [0.05, 0.1) is 0 Å². The second-order valence-corrected chi connectivity index (χ2v) is 9.21. The number of benzene rings is 1. The molecule has 0 atom stereocenters. The fourth-order valence-electron chi connectivity index (χ4n) is 4.21. The molecular formula is C26H40N4O4. The molecule has 3 aliphatic rings. The van der Waals surface area contributed by atoms with Gasteiger partial charge >= 0.3 is 0 Å². The summed E-state index contributed by atoms with van der Waals surface area (Å²) in [4.78, 5) is 48.8. The van der Waals surface area contributed by atoms with E-state index in [1.54, 1.807) is 0 Å². The zero-order chi connectivity index (χ0) is 24.8. The average molecular weight is 473 g/mol. The maximum atomic E-state index is 12.0. The van der Waals surface area contributed by atoms with Gasteiger partial charge in [0.1, 0.15) is 0 Å². The lowest BCUT2D eigenvalue weighted by molar-refractivity contribution is -0.133. The number of rotatable bonds is 10. The Balaban J connectivity index is 0.000000242. The van der Waals surface area contributed by atoms with Crippen molar-refractivity contribution in [2.24, 2.45) is 11.5 Å². The van der Waals surface area contributed by atoms with Crippen LogP contribution in [-0.2, 0) is 32.3 Å². The van der Waals surface area contributed by atoms with Crippen molar-refractivity contribution < 1.29 is 19.2 Å². The maximum Gasteiger partial charge on any atom is 0.223 e. The lowest BCUT2D eigenvalue weighted by Crippen LogP contribution is -2.31. The monoisotopic (exact) mass is 472 g/mol. The topological polar surface area (TPSA) is 127 Å². The number of carbonyl (C=O) groups is 4. The van der Waals surface area contributed by atoms with Crippen molar-refractivity contribution in [3.8, 4) is 0 Å². The molecule has 3 heterocycles. The summed E-state index contributed by atoms with van der Waals surface area (Å²) in [6.07, 6.45) is 9.49. The van der Waals surface area contributed by atoms with Crippen molar-refractivity contribution in [3.63, 3.8) is 0 Å². The number of hydrogen-bond acceptors (Lipinski definition) is 4. The zero-order valence-corrected chi connectivity index (χ0v) is 20.3. The van der Waals surface area contributed by atoms with Gasteiger partial charge in [-0.05, 0) is 49.7 Å². The Morgan fingerprint density at radius 1 is 0.588 bits per heavy atom. The number of hydrogen-bond donors (Lipinski definition) is 2. The molecule has 34 heavy (non-hydrogen) atoms. The first kappa shape index (κ1) is 27.3. The van der Waals surface area contributed by atoms with Crippen molar-refractivity contribution in [2.75, 3.05) is 13.1 Å². The molecule has 0 spiro atoms. The smallest absolute Gasteiger partial charge is 0.223 e. The van der Waals surface area contributed by atoms with E-state index in [1.165, 1.54) is 24.0 Å². The molecule has 8 heteroatoms. The minimum atomic E-state index is -0.297. The van der Waals surface area contributed by atoms with Crippen LogP contribution in [0.2, 0.25) is 0 Å². The Morgan fingerprint density at radius 2 is 0.971 bits per heavy atom. The molecule has 188 valence electrons. The molecule has 0 unspecified atom stereocenters. The molecule has 1 saturated heterocycles. The Morgan fingerprint density at radius 3 is 1.38 bits per heavy atom. The Labute approximate surface area is 203 Å². The standard InChI is InChI=1S/C14H18N2O2.C12H22N2O2/c15-13(17)3-1-2-4-14(18)16-9-11-5-6-12(10-16)8-7-11;13-11(15)7-3-4-8-12(16)14-9-5-1-2-6-10-14/h5-8H,1-4,9-10H2,(H2,15,17);1-10H2,(H2,13,15). The Bertz CT molecular complexity index is 777. The summed E-state index contributed by atoms with van der Waals surface area (Å²) < 4.78 is 0. The van der Waals surface area contributed by atoms with Gasteiger partial charge in [-0.3, -0.25) is 19.2 Å². The lowest BCUT2D eigenvalue weighted by Gasteiger charge is -2.20. The highest BCUT2D eigenvalue weighted by Crippen LogP contribution is 2.18. The van der Waals surface area contributed by atoms with Crippen molar-refractivity contribution in [2.45, 2.75) is 90.1 Å². The second kappa shape index (κ2) is 15.1. The summed E-state index contributed by atoms with van der Waals surface area (Å²) in [5.74, 6) is -0.176. The second-order valence-electron chi connectivity index (χ2n) is 9.21. The number of unbranched alkanes of at least 4 members (excludes halogenated alkanes) is 2. The van der Waals surface area contributed by atoms with Crippen LogP contribution in [0.5, 0.6) is 0 Å². The average Bonchev–Trinajstić information content (AvgIpc) is 3.28. The van der Waals surface area contributed by atoms with E-state index in [0.29, 0.717) is 45.2 Å². The van der Waals surface area contributed by atoms with E-state index in [2.05, 4.69) is 24.3 Å². The lowest BCUT2D eigenvalue weighted by atomic mass is 10.1. The fraction of sp³-hybridized carbons (Fsp3) is 0.615. The highest BCUT2D eigenvalue weighted by Gasteiger charge is 2.17. The quantitative estimate of drug-likeness (QED) is 0.507. The molecule has 8 nitrogen and oxygen atoms in total. The van der Waals surface area contributed by atoms with Crippen LogP contribution in [0.25, 0.3) is 0 Å². The number of nitrogens with two attached hydrogens (primary N) is 2.